The summed E-state index contributed by atoms with van der Waals surface area (Å²) in [6.45, 7) is 4.76. The number of nitrogens with zero attached hydrogens (tertiary/aromatic N) is 2. The molecule has 0 atom stereocenters. The van der Waals surface area contributed by atoms with Crippen molar-refractivity contribution < 1.29 is 4.79 Å². The molecule has 0 aliphatic heterocycles. The van der Waals surface area contributed by atoms with Crippen LogP contribution in [0.15, 0.2) is 30.7 Å². The molecular weight excluding hydrogens is 266 g/mol. The van der Waals surface area contributed by atoms with Crippen LogP contribution in [0.25, 0.3) is 22.6 Å². The number of carbonyl (C=O) groups is 1. The second-order valence-corrected chi connectivity index (χ2v) is 5.65. The van der Waals surface area contributed by atoms with Crippen LogP contribution >= 0.6 is 0 Å². The molecule has 0 spiro atoms. The highest BCUT2D eigenvalue weighted by molar-refractivity contribution is 5.79. The number of nitrogens with one attached hydrogen (secondary N) is 3. The van der Waals surface area contributed by atoms with Gasteiger partial charge in [-0.25, -0.2) is 9.97 Å². The van der Waals surface area contributed by atoms with Crippen molar-refractivity contribution >= 4 is 17.4 Å². The number of H-pyrrole nitrogens is 2. The van der Waals surface area contributed by atoms with Crippen LogP contribution in [-0.2, 0) is 10.2 Å². The second kappa shape index (κ2) is 5.05. The van der Waals surface area contributed by atoms with E-state index in [1.54, 1.807) is 12.5 Å². The van der Waals surface area contributed by atoms with Crippen LogP contribution in [-0.4, -0.2) is 32.9 Å². The summed E-state index contributed by atoms with van der Waals surface area (Å²) in [5, 5.41) is 2.74. The molecule has 3 N–H and O–H groups in total. The van der Waals surface area contributed by atoms with Gasteiger partial charge >= 0.3 is 0 Å². The van der Waals surface area contributed by atoms with Gasteiger partial charge < -0.3 is 15.3 Å². The summed E-state index contributed by atoms with van der Waals surface area (Å²) in [5.74, 6) is 0.743. The molecule has 21 heavy (non-hydrogen) atoms. The summed E-state index contributed by atoms with van der Waals surface area (Å²) in [4.78, 5) is 25.4. The standard InChI is InChI=1S/C15H17N5O/c1-15(2,7-17-9-21)10-3-4-11-12(5-10)20-14(19-11)13-6-16-8-18-13/h3-6,8-9H,7H2,1-2H3,(H,16,18)(H,17,21)(H,19,20). The van der Waals surface area contributed by atoms with Crippen molar-refractivity contribution in [2.75, 3.05) is 6.54 Å². The fourth-order valence-corrected chi connectivity index (χ4v) is 2.34. The molecular formula is C15H17N5O. The van der Waals surface area contributed by atoms with E-state index >= 15 is 0 Å². The van der Waals surface area contributed by atoms with Gasteiger partial charge in [0.05, 0.1) is 17.4 Å². The highest BCUT2D eigenvalue weighted by atomic mass is 16.1. The minimum Gasteiger partial charge on any atom is -0.358 e. The normalized spacial score (nSPS) is 11.7. The second-order valence-electron chi connectivity index (χ2n) is 5.65. The minimum absolute atomic E-state index is 0.152. The number of rotatable bonds is 5. The van der Waals surface area contributed by atoms with E-state index in [-0.39, 0.29) is 5.41 Å². The Kier molecular flexibility index (Phi) is 3.21. The molecule has 2 heterocycles. The number of imidazole rings is 2. The van der Waals surface area contributed by atoms with E-state index in [1.807, 2.05) is 6.07 Å². The molecule has 0 bridgehead atoms. The first kappa shape index (κ1) is 13.4. The van der Waals surface area contributed by atoms with Crippen molar-refractivity contribution in [1.82, 2.24) is 25.3 Å². The number of hydrogen-bond donors (Lipinski definition) is 3. The van der Waals surface area contributed by atoms with Gasteiger partial charge in [-0.1, -0.05) is 19.9 Å². The van der Waals surface area contributed by atoms with Crippen LogP contribution in [0.2, 0.25) is 0 Å². The van der Waals surface area contributed by atoms with Crippen molar-refractivity contribution in [3.63, 3.8) is 0 Å². The third-order valence-corrected chi connectivity index (χ3v) is 3.63. The van der Waals surface area contributed by atoms with Crippen LogP contribution < -0.4 is 5.32 Å². The Balaban J connectivity index is 1.98. The largest absolute Gasteiger partial charge is 0.358 e. The molecule has 0 fully saturated rings. The fourth-order valence-electron chi connectivity index (χ4n) is 2.34. The Morgan fingerprint density at radius 3 is 2.95 bits per heavy atom. The minimum atomic E-state index is -0.152. The van der Waals surface area contributed by atoms with Gasteiger partial charge in [-0.15, -0.1) is 0 Å². The first-order valence-electron chi connectivity index (χ1n) is 6.76. The lowest BCUT2D eigenvalue weighted by atomic mass is 9.84. The van der Waals surface area contributed by atoms with Crippen molar-refractivity contribution in [3.8, 4) is 11.5 Å². The predicted molar refractivity (Wildman–Crippen MR) is 80.8 cm³/mol. The van der Waals surface area contributed by atoms with Crippen molar-refractivity contribution in [2.45, 2.75) is 19.3 Å². The van der Waals surface area contributed by atoms with E-state index in [2.05, 4.69) is 51.2 Å². The molecule has 3 aromatic rings. The molecule has 1 aromatic carbocycles. The number of aromatic amines is 2. The van der Waals surface area contributed by atoms with Crippen LogP contribution in [0.3, 0.4) is 0 Å². The summed E-state index contributed by atoms with van der Waals surface area (Å²) < 4.78 is 0. The van der Waals surface area contributed by atoms with Gasteiger partial charge in [0.2, 0.25) is 6.41 Å². The third-order valence-electron chi connectivity index (χ3n) is 3.63. The van der Waals surface area contributed by atoms with Gasteiger partial charge in [-0.2, -0.15) is 0 Å². The molecule has 0 saturated heterocycles. The van der Waals surface area contributed by atoms with Gasteiger partial charge in [-0.05, 0) is 17.7 Å². The zero-order chi connectivity index (χ0) is 14.9. The van der Waals surface area contributed by atoms with Crippen molar-refractivity contribution in [3.05, 3.63) is 36.3 Å². The highest BCUT2D eigenvalue weighted by Crippen LogP contribution is 2.26. The van der Waals surface area contributed by atoms with Gasteiger partial charge in [0.15, 0.2) is 5.82 Å². The molecule has 108 valence electrons. The molecule has 0 unspecified atom stereocenters. The van der Waals surface area contributed by atoms with Crippen LogP contribution in [0.4, 0.5) is 0 Å². The van der Waals surface area contributed by atoms with Gasteiger partial charge in [-0.3, -0.25) is 4.79 Å². The van der Waals surface area contributed by atoms with Crippen LogP contribution in [0.5, 0.6) is 0 Å². The molecule has 6 nitrogen and oxygen atoms in total. The number of aromatic nitrogens is 4. The Labute approximate surface area is 122 Å². The van der Waals surface area contributed by atoms with E-state index in [0.29, 0.717) is 6.54 Å². The molecule has 1 amide bonds. The van der Waals surface area contributed by atoms with E-state index in [4.69, 9.17) is 0 Å². The first-order valence-corrected chi connectivity index (χ1v) is 6.76. The highest BCUT2D eigenvalue weighted by Gasteiger charge is 2.21. The van der Waals surface area contributed by atoms with Gasteiger partial charge in [0.25, 0.3) is 0 Å². The topological polar surface area (TPSA) is 86.5 Å². The summed E-state index contributed by atoms with van der Waals surface area (Å²) >= 11 is 0. The van der Waals surface area contributed by atoms with E-state index in [9.17, 15) is 4.79 Å². The average molecular weight is 283 g/mol. The Hall–Kier alpha value is -2.63. The quantitative estimate of drug-likeness (QED) is 0.626. The maximum absolute atomic E-state index is 10.5. The Bertz CT molecular complexity index is 758. The van der Waals surface area contributed by atoms with E-state index in [1.165, 1.54) is 0 Å². The SMILES string of the molecule is CC(C)(CNC=O)c1ccc2[nH]c(-c3c[nH]cn3)nc2c1. The third kappa shape index (κ3) is 2.52. The van der Waals surface area contributed by atoms with E-state index in [0.717, 1.165) is 34.5 Å². The monoisotopic (exact) mass is 283 g/mol. The number of amides is 1. The average Bonchev–Trinajstić information content (AvgIpc) is 3.12. The first-order chi connectivity index (χ1) is 10.1. The maximum Gasteiger partial charge on any atom is 0.207 e. The lowest BCUT2D eigenvalue weighted by molar-refractivity contribution is -0.109. The van der Waals surface area contributed by atoms with Crippen LogP contribution in [0.1, 0.15) is 19.4 Å². The van der Waals surface area contributed by atoms with Crippen molar-refractivity contribution in [1.29, 1.82) is 0 Å². The number of hydrogen-bond acceptors (Lipinski definition) is 3. The Morgan fingerprint density at radius 2 is 2.24 bits per heavy atom. The summed E-state index contributed by atoms with van der Waals surface area (Å²) in [6.07, 6.45) is 4.16. The molecule has 2 aromatic heterocycles. The maximum atomic E-state index is 10.5. The lowest BCUT2D eigenvalue weighted by Gasteiger charge is -2.24. The van der Waals surface area contributed by atoms with Gasteiger partial charge in [0, 0.05) is 18.2 Å². The number of carbonyl (C=O) groups excluding carboxylic acids is 1. The zero-order valence-electron chi connectivity index (χ0n) is 12.0. The molecule has 0 aliphatic carbocycles. The van der Waals surface area contributed by atoms with Gasteiger partial charge in [0.1, 0.15) is 5.69 Å². The van der Waals surface area contributed by atoms with Crippen molar-refractivity contribution in [2.24, 2.45) is 0 Å². The Morgan fingerprint density at radius 1 is 1.38 bits per heavy atom. The van der Waals surface area contributed by atoms with Crippen LogP contribution in [0, 0.1) is 0 Å². The lowest BCUT2D eigenvalue weighted by Crippen LogP contribution is -2.32. The molecule has 0 radical (unpaired) electrons. The number of benzene rings is 1. The molecule has 0 saturated carbocycles. The predicted octanol–water partition coefficient (Wildman–Crippen LogP) is 1.98. The summed E-state index contributed by atoms with van der Waals surface area (Å²) in [7, 11) is 0. The molecule has 3 rings (SSSR count). The summed E-state index contributed by atoms with van der Waals surface area (Å²) in [6, 6.07) is 6.12. The smallest absolute Gasteiger partial charge is 0.207 e. The zero-order valence-corrected chi connectivity index (χ0v) is 12.0. The number of fused-ring (bicyclic) bond motifs is 1. The summed E-state index contributed by atoms with van der Waals surface area (Å²) in [5.41, 5.74) is 3.63. The molecule has 6 heteroatoms. The fraction of sp³-hybridized carbons (Fsp3) is 0.267. The van der Waals surface area contributed by atoms with E-state index < -0.39 is 0 Å². The molecule has 0 aliphatic rings.